The van der Waals surface area contributed by atoms with Crippen LogP contribution in [-0.4, -0.2) is 43.9 Å². The van der Waals surface area contributed by atoms with Gasteiger partial charge in [-0.15, -0.1) is 11.3 Å². The molecule has 0 radical (unpaired) electrons. The maximum Gasteiger partial charge on any atom is 0.416 e. The van der Waals surface area contributed by atoms with Crippen molar-refractivity contribution in [2.24, 2.45) is 0 Å². The number of nitrogens with zero attached hydrogens (tertiary/aromatic N) is 3. The van der Waals surface area contributed by atoms with Gasteiger partial charge in [0.05, 0.1) is 20.8 Å². The first-order chi connectivity index (χ1) is 18.0. The fourth-order valence-corrected chi connectivity index (χ4v) is 7.53. The minimum atomic E-state index is -4.47. The van der Waals surface area contributed by atoms with Crippen molar-refractivity contribution in [1.29, 1.82) is 0 Å². The number of alkyl halides is 3. The van der Waals surface area contributed by atoms with E-state index in [0.29, 0.717) is 33.0 Å². The van der Waals surface area contributed by atoms with Crippen LogP contribution in [0.2, 0.25) is 0 Å². The van der Waals surface area contributed by atoms with E-state index in [2.05, 4.69) is 0 Å². The number of anilines is 1. The monoisotopic (exact) mass is 601 g/mol. The fraction of sp³-hybridized carbons (Fsp3) is 0.333. The molecule has 2 aliphatic heterocycles. The third kappa shape index (κ3) is 5.58. The van der Waals surface area contributed by atoms with Gasteiger partial charge in [-0.1, -0.05) is 49.1 Å². The molecule has 1 N–H and O–H groups in total. The molecule has 1 aromatic carbocycles. The van der Waals surface area contributed by atoms with Gasteiger partial charge in [0.15, 0.2) is 0 Å². The Morgan fingerprint density at radius 2 is 1.87 bits per heavy atom. The lowest BCUT2D eigenvalue weighted by Gasteiger charge is -2.20. The van der Waals surface area contributed by atoms with E-state index in [1.807, 2.05) is 6.92 Å². The van der Waals surface area contributed by atoms with Crippen LogP contribution >= 0.6 is 47.1 Å². The first kappa shape index (κ1) is 28.5. The summed E-state index contributed by atoms with van der Waals surface area (Å²) >= 11 is 8.55. The predicted molar refractivity (Wildman–Crippen MR) is 149 cm³/mol. The lowest BCUT2D eigenvalue weighted by molar-refractivity contribution is -0.138. The summed E-state index contributed by atoms with van der Waals surface area (Å²) in [4.78, 5) is 41.6. The lowest BCUT2D eigenvalue weighted by atomic mass is 10.1. The van der Waals surface area contributed by atoms with E-state index in [9.17, 15) is 32.7 Å². The van der Waals surface area contributed by atoms with E-state index in [-0.39, 0.29) is 20.0 Å². The smallest absolute Gasteiger partial charge is 0.416 e. The first-order valence-corrected chi connectivity index (χ1v) is 14.4. The molecule has 14 heteroatoms. The number of carbonyl (C=O) groups is 2. The number of aliphatic carboxylic acids is 1. The van der Waals surface area contributed by atoms with Crippen molar-refractivity contribution in [3.63, 3.8) is 0 Å². The number of carboxylic acid groups (broad SMARTS) is 1. The van der Waals surface area contributed by atoms with E-state index >= 15 is 0 Å². The molecule has 4 rings (SSSR count). The number of carboxylic acids is 1. The molecule has 1 amide bonds. The number of allylic oxidation sites excluding steroid dienone is 1. The van der Waals surface area contributed by atoms with Crippen molar-refractivity contribution in [2.45, 2.75) is 44.3 Å². The molecule has 1 saturated heterocycles. The molecule has 0 bridgehead atoms. The molecule has 7 nitrogen and oxygen atoms in total. The molecular weight excluding hydrogens is 580 g/mol. The van der Waals surface area contributed by atoms with Gasteiger partial charge in [-0.25, -0.2) is 0 Å². The fourth-order valence-electron chi connectivity index (χ4n) is 3.88. The summed E-state index contributed by atoms with van der Waals surface area (Å²) < 4.78 is 41.8. The number of amides is 1. The van der Waals surface area contributed by atoms with Crippen LogP contribution in [0.15, 0.2) is 39.0 Å². The van der Waals surface area contributed by atoms with Crippen molar-refractivity contribution in [2.75, 3.05) is 18.0 Å². The number of unbranched alkanes of at least 4 members (excludes halogenated alkanes) is 1. The van der Waals surface area contributed by atoms with Crippen molar-refractivity contribution in [3.8, 4) is 0 Å². The van der Waals surface area contributed by atoms with E-state index < -0.39 is 29.8 Å². The van der Waals surface area contributed by atoms with Crippen molar-refractivity contribution in [3.05, 3.63) is 54.4 Å². The summed E-state index contributed by atoms with van der Waals surface area (Å²) in [5, 5.41) is 10.0. The Kier molecular flexibility index (Phi) is 8.45. The maximum absolute atomic E-state index is 13.3. The molecule has 0 aliphatic carbocycles. The standard InChI is InChI=1S/C24H22F3N3O4S4/c1-3-5-10-29-14-11-13(24(25,26)27)6-7-15(14)36-17(29)9-8-16-20(33)30(12-18(31)32)22(37-16)19-21(34)28(4-2)23(35)38-19/h6-9,11H,3-5,10,12H2,1-2H3,(H,31,32)/b16-8+,17-9-,22-19-. The third-order valence-corrected chi connectivity index (χ3v) is 9.58. The van der Waals surface area contributed by atoms with Gasteiger partial charge in [-0.2, -0.15) is 13.2 Å². The molecular formula is C24H22F3N3O4S4. The van der Waals surface area contributed by atoms with Crippen LogP contribution in [0.1, 0.15) is 32.3 Å². The molecule has 3 heterocycles. The minimum absolute atomic E-state index is 0.193. The summed E-state index contributed by atoms with van der Waals surface area (Å²) in [6.07, 6.45) is 0.274. The number of aromatic nitrogens is 1. The number of carbonyl (C=O) groups excluding carboxylic acids is 1. The van der Waals surface area contributed by atoms with Crippen molar-refractivity contribution >= 4 is 79.9 Å². The maximum atomic E-state index is 13.3. The highest BCUT2D eigenvalue weighted by Gasteiger charge is 2.35. The Balaban J connectivity index is 1.83. The Labute approximate surface area is 233 Å². The zero-order valence-corrected chi connectivity index (χ0v) is 23.5. The van der Waals surface area contributed by atoms with Gasteiger partial charge in [0.1, 0.15) is 20.4 Å². The summed E-state index contributed by atoms with van der Waals surface area (Å²) in [7, 11) is 0. The molecule has 0 atom stereocenters. The summed E-state index contributed by atoms with van der Waals surface area (Å²) in [5.41, 5.74) is -0.867. The second kappa shape index (κ2) is 11.3. The number of rotatable bonds is 7. The van der Waals surface area contributed by atoms with Crippen LogP contribution in [-0.2, 0) is 22.3 Å². The number of hydrogen-bond donors (Lipinski definition) is 1. The van der Waals surface area contributed by atoms with Gasteiger partial charge < -0.3 is 10.0 Å². The normalized spacial score (nSPS) is 18.8. The SMILES string of the molecule is CCCCN1/C(=C/C=c2/s/c(=C3\SC(=S)N(CC)C3=O)n(CC(=O)O)c2=O)Sc2ccc(C(F)(F)F)cc21. The number of benzene rings is 1. The second-order valence-electron chi connectivity index (χ2n) is 8.26. The molecule has 1 aromatic heterocycles. The lowest BCUT2D eigenvalue weighted by Crippen LogP contribution is -2.35. The summed E-state index contributed by atoms with van der Waals surface area (Å²) in [6, 6.07) is 3.61. The highest BCUT2D eigenvalue weighted by Crippen LogP contribution is 2.48. The Morgan fingerprint density at radius 1 is 1.13 bits per heavy atom. The number of halogens is 3. The Morgan fingerprint density at radius 3 is 2.47 bits per heavy atom. The average Bonchev–Trinajstić information content (AvgIpc) is 3.45. The molecule has 38 heavy (non-hydrogen) atoms. The van der Waals surface area contributed by atoms with Crippen LogP contribution in [0.5, 0.6) is 0 Å². The molecule has 0 spiro atoms. The molecule has 0 saturated carbocycles. The number of thiocarbonyl (C=S) groups is 1. The van der Waals surface area contributed by atoms with E-state index in [4.69, 9.17) is 12.2 Å². The van der Waals surface area contributed by atoms with E-state index in [1.165, 1.54) is 28.8 Å². The van der Waals surface area contributed by atoms with E-state index in [1.54, 1.807) is 17.9 Å². The molecule has 1 fully saturated rings. The second-order valence-corrected chi connectivity index (χ2v) is 12.0. The molecule has 0 unspecified atom stereocenters. The van der Waals surface area contributed by atoms with Gasteiger partial charge in [-0.3, -0.25) is 23.9 Å². The Bertz CT molecular complexity index is 1530. The number of hydrogen-bond acceptors (Lipinski definition) is 8. The van der Waals surface area contributed by atoms with Gasteiger partial charge in [-0.05, 0) is 43.7 Å². The average molecular weight is 602 g/mol. The largest absolute Gasteiger partial charge is 0.480 e. The van der Waals surface area contributed by atoms with Crippen LogP contribution in [0.4, 0.5) is 18.9 Å². The van der Waals surface area contributed by atoms with Gasteiger partial charge >= 0.3 is 12.1 Å². The minimum Gasteiger partial charge on any atom is -0.480 e. The van der Waals surface area contributed by atoms with Crippen molar-refractivity contribution < 1.29 is 27.9 Å². The number of fused-ring (bicyclic) bond motifs is 1. The quantitative estimate of drug-likeness (QED) is 0.477. The van der Waals surface area contributed by atoms with E-state index in [0.717, 1.165) is 52.6 Å². The van der Waals surface area contributed by atoms with Gasteiger partial charge in [0.25, 0.3) is 11.5 Å². The zero-order valence-electron chi connectivity index (χ0n) is 20.2. The highest BCUT2D eigenvalue weighted by molar-refractivity contribution is 8.30. The van der Waals surface area contributed by atoms with Crippen LogP contribution in [0.3, 0.4) is 0 Å². The van der Waals surface area contributed by atoms with Crippen molar-refractivity contribution in [1.82, 2.24) is 9.47 Å². The summed E-state index contributed by atoms with van der Waals surface area (Å²) in [6.45, 7) is 3.94. The zero-order chi connectivity index (χ0) is 27.8. The third-order valence-electron chi connectivity index (χ3n) is 5.73. The van der Waals surface area contributed by atoms with Crippen LogP contribution in [0, 0.1) is 0 Å². The van der Waals surface area contributed by atoms with Crippen LogP contribution < -0.4 is 19.7 Å². The van der Waals surface area contributed by atoms with Crippen LogP contribution in [0.25, 0.3) is 11.0 Å². The predicted octanol–water partition coefficient (Wildman–Crippen LogP) is 4.04. The Hall–Kier alpha value is -2.55. The highest BCUT2D eigenvalue weighted by atomic mass is 32.2. The van der Waals surface area contributed by atoms with Gasteiger partial charge in [0.2, 0.25) is 0 Å². The molecule has 202 valence electrons. The summed E-state index contributed by atoms with van der Waals surface area (Å²) in [5.74, 6) is -1.63. The number of thiazole rings is 1. The number of thioether (sulfide) groups is 2. The first-order valence-electron chi connectivity index (χ1n) is 11.5. The molecule has 2 aromatic rings. The molecule has 2 aliphatic rings. The van der Waals surface area contributed by atoms with Gasteiger partial charge in [0, 0.05) is 18.0 Å². The topological polar surface area (TPSA) is 82.8 Å².